The van der Waals surface area contributed by atoms with E-state index in [-0.39, 0.29) is 6.42 Å². The van der Waals surface area contributed by atoms with Gasteiger partial charge in [-0.15, -0.1) is 0 Å². The fourth-order valence-corrected chi connectivity index (χ4v) is 0.958. The van der Waals surface area contributed by atoms with Crippen LogP contribution in [0.5, 0.6) is 0 Å². The maximum atomic E-state index is 10.1. The molecule has 0 spiro atoms. The lowest BCUT2D eigenvalue weighted by Crippen LogP contribution is -2.27. The van der Waals surface area contributed by atoms with E-state index in [1.54, 1.807) is 39.0 Å². The van der Waals surface area contributed by atoms with Crippen molar-refractivity contribution >= 4 is 12.1 Å². The quantitative estimate of drug-likeness (QED) is 0.751. The molecule has 0 aromatic rings. The average molecular weight is 269 g/mol. The van der Waals surface area contributed by atoms with Gasteiger partial charge in [-0.1, -0.05) is 31.4 Å². The Bertz CT molecular complexity index is 351. The normalized spacial score (nSPS) is 10.8. The van der Waals surface area contributed by atoms with E-state index in [1.165, 1.54) is 0 Å². The number of carbonyl (C=O) groups is 2. The van der Waals surface area contributed by atoms with E-state index < -0.39 is 17.7 Å². The summed E-state index contributed by atoms with van der Waals surface area (Å²) < 4.78 is 4.58. The summed E-state index contributed by atoms with van der Waals surface area (Å²) in [4.78, 5) is 20.2. The topological polar surface area (TPSA) is 89.6 Å². The molecular formula is C14H23NO4. The molecule has 0 unspecified atom stereocenters. The molecule has 19 heavy (non-hydrogen) atoms. The molecule has 0 aromatic heterocycles. The molecule has 1 amide bonds. The highest BCUT2D eigenvalue weighted by Gasteiger charge is 2.12. The van der Waals surface area contributed by atoms with Gasteiger partial charge in [0.05, 0.1) is 0 Å². The van der Waals surface area contributed by atoms with Gasteiger partial charge in [0.25, 0.3) is 0 Å². The van der Waals surface area contributed by atoms with E-state index in [2.05, 4.69) is 17.9 Å². The number of carboxylic acids is 1. The minimum Gasteiger partial charge on any atom is -0.481 e. The monoisotopic (exact) mass is 269 g/mol. The molecule has 5 nitrogen and oxygen atoms in total. The van der Waals surface area contributed by atoms with Crippen LogP contribution in [0.15, 0.2) is 37.0 Å². The fraction of sp³-hybridized carbons (Fsp3) is 0.429. The van der Waals surface area contributed by atoms with Crippen LogP contribution >= 0.6 is 0 Å². The van der Waals surface area contributed by atoms with Gasteiger partial charge in [0.2, 0.25) is 0 Å². The third kappa shape index (κ3) is 18.5. The Morgan fingerprint density at radius 2 is 1.79 bits per heavy atom. The molecule has 0 aliphatic rings. The summed E-state index contributed by atoms with van der Waals surface area (Å²) in [5.74, 6) is -0.790. The van der Waals surface area contributed by atoms with Crippen LogP contribution in [0.3, 0.4) is 0 Å². The number of hydrogen-bond acceptors (Lipinski definition) is 3. The van der Waals surface area contributed by atoms with Gasteiger partial charge in [0.15, 0.2) is 0 Å². The lowest BCUT2D eigenvalue weighted by Gasteiger charge is -2.16. The summed E-state index contributed by atoms with van der Waals surface area (Å²) in [5.41, 5.74) is 5.17. The number of amides is 1. The lowest BCUT2D eigenvalue weighted by atomic mass is 10.1. The molecule has 0 aliphatic heterocycles. The van der Waals surface area contributed by atoms with Gasteiger partial charge < -0.3 is 15.6 Å². The first-order valence-corrected chi connectivity index (χ1v) is 5.76. The van der Waals surface area contributed by atoms with Gasteiger partial charge in [-0.05, 0) is 32.8 Å². The molecule has 0 aliphatic carbocycles. The molecule has 5 heteroatoms. The summed E-state index contributed by atoms with van der Waals surface area (Å²) in [7, 11) is 0. The van der Waals surface area contributed by atoms with Crippen molar-refractivity contribution < 1.29 is 19.4 Å². The van der Waals surface area contributed by atoms with Crippen molar-refractivity contribution in [1.29, 1.82) is 0 Å². The van der Waals surface area contributed by atoms with Gasteiger partial charge in [-0.25, -0.2) is 4.79 Å². The third-order valence-corrected chi connectivity index (χ3v) is 1.63. The van der Waals surface area contributed by atoms with E-state index in [4.69, 9.17) is 10.8 Å². The van der Waals surface area contributed by atoms with Crippen molar-refractivity contribution in [2.75, 3.05) is 0 Å². The Morgan fingerprint density at radius 1 is 1.26 bits per heavy atom. The zero-order chi connectivity index (χ0) is 15.5. The van der Waals surface area contributed by atoms with E-state index in [0.29, 0.717) is 6.42 Å². The number of carbonyl (C=O) groups excluding carboxylic acids is 1. The summed E-state index contributed by atoms with van der Waals surface area (Å²) in [6, 6.07) is 0. The van der Waals surface area contributed by atoms with Crippen LogP contribution in [0.4, 0.5) is 4.79 Å². The number of hydrogen-bond donors (Lipinski definition) is 2. The first kappa shape index (κ1) is 19.3. The maximum Gasteiger partial charge on any atom is 0.405 e. The minimum atomic E-state index is -0.790. The molecule has 0 atom stereocenters. The second-order valence-corrected chi connectivity index (χ2v) is 4.61. The molecule has 0 bridgehead atoms. The number of primary amides is 1. The molecule has 0 saturated heterocycles. The highest BCUT2D eigenvalue weighted by atomic mass is 16.6. The first-order valence-electron chi connectivity index (χ1n) is 5.76. The van der Waals surface area contributed by atoms with Gasteiger partial charge in [-0.2, -0.15) is 0 Å². The van der Waals surface area contributed by atoms with Gasteiger partial charge >= 0.3 is 12.1 Å². The summed E-state index contributed by atoms with van der Waals surface area (Å²) in [5, 5.41) is 8.34. The van der Waals surface area contributed by atoms with E-state index >= 15 is 0 Å². The van der Waals surface area contributed by atoms with Crippen LogP contribution in [-0.2, 0) is 9.53 Å². The molecule has 0 heterocycles. The highest BCUT2D eigenvalue weighted by Crippen LogP contribution is 2.05. The lowest BCUT2D eigenvalue weighted by molar-refractivity contribution is -0.136. The van der Waals surface area contributed by atoms with Crippen LogP contribution in [0.2, 0.25) is 0 Å². The van der Waals surface area contributed by atoms with E-state index in [1.807, 2.05) is 0 Å². The summed E-state index contributed by atoms with van der Waals surface area (Å²) in [6.45, 7) is 12.3. The average Bonchev–Trinajstić information content (AvgIpc) is 2.21. The minimum absolute atomic E-state index is 0.145. The Balaban J connectivity index is 0. The first-order chi connectivity index (χ1) is 8.62. The maximum absolute atomic E-state index is 10.1. The van der Waals surface area contributed by atoms with Crippen molar-refractivity contribution in [3.8, 4) is 0 Å². The Labute approximate surface area is 114 Å². The molecule has 0 saturated carbocycles. The van der Waals surface area contributed by atoms with Gasteiger partial charge in [0.1, 0.15) is 5.60 Å². The molecule has 0 rings (SSSR count). The Morgan fingerprint density at radius 3 is 2.00 bits per heavy atom. The molecule has 3 N–H and O–H groups in total. The van der Waals surface area contributed by atoms with Crippen molar-refractivity contribution in [2.24, 2.45) is 5.73 Å². The summed E-state index contributed by atoms with van der Waals surface area (Å²) >= 11 is 0. The van der Waals surface area contributed by atoms with Gasteiger partial charge in [-0.3, -0.25) is 4.79 Å². The molecule has 0 radical (unpaired) electrons. The number of aliphatic carboxylic acids is 1. The van der Waals surface area contributed by atoms with Crippen molar-refractivity contribution in [2.45, 2.75) is 39.2 Å². The number of ether oxygens (including phenoxy) is 1. The largest absolute Gasteiger partial charge is 0.481 e. The van der Waals surface area contributed by atoms with E-state index in [9.17, 15) is 9.59 Å². The zero-order valence-corrected chi connectivity index (χ0v) is 11.8. The van der Waals surface area contributed by atoms with Crippen LogP contribution in [0.25, 0.3) is 0 Å². The van der Waals surface area contributed by atoms with Crippen molar-refractivity contribution in [3.63, 3.8) is 0 Å². The predicted octanol–water partition coefficient (Wildman–Crippen LogP) is 3.03. The standard InChI is InChI=1S/C9H12O2.C5H11NO2/c1-3-5-8(4-2)6-7-9(10)11;1-5(2,3)8-4(6)7/h3-5H,1-2,6-7H2,(H,10,11);1-3H3,(H2,6,7)/b8-5+;. The smallest absolute Gasteiger partial charge is 0.405 e. The molecule has 108 valence electrons. The predicted molar refractivity (Wildman–Crippen MR) is 75.8 cm³/mol. The van der Waals surface area contributed by atoms with Crippen molar-refractivity contribution in [3.05, 3.63) is 37.0 Å². The fourth-order valence-electron chi connectivity index (χ4n) is 0.958. The zero-order valence-electron chi connectivity index (χ0n) is 11.8. The van der Waals surface area contributed by atoms with Gasteiger partial charge in [0, 0.05) is 6.42 Å². The van der Waals surface area contributed by atoms with Crippen LogP contribution < -0.4 is 5.73 Å². The van der Waals surface area contributed by atoms with Crippen LogP contribution in [0.1, 0.15) is 33.6 Å². The summed E-state index contributed by atoms with van der Waals surface area (Å²) in [6.07, 6.45) is 4.97. The molecular weight excluding hydrogens is 246 g/mol. The Kier molecular flexibility index (Phi) is 10.1. The second kappa shape index (κ2) is 9.94. The second-order valence-electron chi connectivity index (χ2n) is 4.61. The molecule has 0 fully saturated rings. The number of rotatable bonds is 5. The SMILES string of the molecule is C=C/C=C(\C=C)CCC(=O)O.CC(C)(C)OC(N)=O. The number of carboxylic acid groups (broad SMARTS) is 1. The van der Waals surface area contributed by atoms with Crippen LogP contribution in [0, 0.1) is 0 Å². The van der Waals surface area contributed by atoms with E-state index in [0.717, 1.165) is 5.57 Å². The van der Waals surface area contributed by atoms with Crippen molar-refractivity contribution in [1.82, 2.24) is 0 Å². The third-order valence-electron chi connectivity index (χ3n) is 1.63. The highest BCUT2D eigenvalue weighted by molar-refractivity contribution is 5.67. The Hall–Kier alpha value is -2.04. The number of nitrogens with two attached hydrogens (primary N) is 1. The van der Waals surface area contributed by atoms with Crippen LogP contribution in [-0.4, -0.2) is 22.8 Å². The molecule has 0 aromatic carbocycles. The number of allylic oxidation sites excluding steroid dienone is 4.